The van der Waals surface area contributed by atoms with Gasteiger partial charge in [-0.1, -0.05) is 29.8 Å². The van der Waals surface area contributed by atoms with E-state index < -0.39 is 10.0 Å². The first-order valence-corrected chi connectivity index (χ1v) is 10.5. The monoisotopic (exact) mass is 391 g/mol. The van der Waals surface area contributed by atoms with Crippen LogP contribution in [0.1, 0.15) is 29.7 Å². The lowest BCUT2D eigenvalue weighted by molar-refractivity contribution is 0.600. The maximum absolute atomic E-state index is 11.7. The lowest BCUT2D eigenvalue weighted by atomic mass is 10.0. The van der Waals surface area contributed by atoms with Crippen LogP contribution in [0.5, 0.6) is 0 Å². The number of hydrogen-bond donors (Lipinski definition) is 2. The molecule has 140 valence electrons. The standard InChI is InChI=1S/C19H25N3O2S2/c1-13-9-10-14(2)18(11-13)15(3)20-19(25)21-16-7-6-8-17(12-16)22(4)26(5,23)24/h6-12,15H,1-5H3,(H2,20,21,25). The van der Waals surface area contributed by atoms with Gasteiger partial charge in [-0.15, -0.1) is 0 Å². The van der Waals surface area contributed by atoms with Crippen molar-refractivity contribution in [3.05, 3.63) is 59.2 Å². The summed E-state index contributed by atoms with van der Waals surface area (Å²) in [5.74, 6) is 0. The summed E-state index contributed by atoms with van der Waals surface area (Å²) in [5, 5.41) is 6.89. The Kier molecular flexibility index (Phi) is 6.26. The highest BCUT2D eigenvalue weighted by Crippen LogP contribution is 2.21. The molecule has 0 aliphatic rings. The molecule has 0 saturated carbocycles. The third-order valence-corrected chi connectivity index (χ3v) is 5.64. The minimum absolute atomic E-state index is 0.0526. The Balaban J connectivity index is 2.09. The summed E-state index contributed by atoms with van der Waals surface area (Å²) in [6, 6.07) is 13.5. The Morgan fingerprint density at radius 1 is 1.15 bits per heavy atom. The molecular formula is C19H25N3O2S2. The second kappa shape index (κ2) is 8.05. The summed E-state index contributed by atoms with van der Waals surface area (Å²) in [6.07, 6.45) is 1.17. The third-order valence-electron chi connectivity index (χ3n) is 4.21. The molecule has 0 fully saturated rings. The Bertz CT molecular complexity index is 911. The van der Waals surface area contributed by atoms with Crippen LogP contribution in [-0.4, -0.2) is 26.8 Å². The van der Waals surface area contributed by atoms with Gasteiger partial charge in [0.05, 0.1) is 18.0 Å². The molecule has 2 aromatic rings. The zero-order valence-corrected chi connectivity index (χ0v) is 17.3. The van der Waals surface area contributed by atoms with Gasteiger partial charge in [0.25, 0.3) is 0 Å². The van der Waals surface area contributed by atoms with Gasteiger partial charge in [-0.25, -0.2) is 8.42 Å². The maximum Gasteiger partial charge on any atom is 0.231 e. The van der Waals surface area contributed by atoms with Gasteiger partial charge >= 0.3 is 0 Å². The summed E-state index contributed by atoms with van der Waals surface area (Å²) >= 11 is 5.42. The Labute approximate surface area is 161 Å². The molecule has 2 rings (SSSR count). The number of sulfonamides is 1. The van der Waals surface area contributed by atoms with Gasteiger partial charge in [-0.2, -0.15) is 0 Å². The van der Waals surface area contributed by atoms with Gasteiger partial charge in [-0.05, 0) is 62.3 Å². The van der Waals surface area contributed by atoms with Crippen molar-refractivity contribution in [3.63, 3.8) is 0 Å². The predicted octanol–water partition coefficient (Wildman–Crippen LogP) is 3.75. The van der Waals surface area contributed by atoms with Crippen molar-refractivity contribution < 1.29 is 8.42 Å². The number of thiocarbonyl (C=S) groups is 1. The summed E-state index contributed by atoms with van der Waals surface area (Å²) < 4.78 is 24.6. The Morgan fingerprint density at radius 2 is 1.85 bits per heavy atom. The van der Waals surface area contributed by atoms with Crippen LogP contribution < -0.4 is 14.9 Å². The quantitative estimate of drug-likeness (QED) is 0.760. The number of anilines is 2. The first kappa shape index (κ1) is 20.2. The minimum atomic E-state index is -3.31. The van der Waals surface area contributed by atoms with Crippen molar-refractivity contribution in [2.75, 3.05) is 22.9 Å². The smallest absolute Gasteiger partial charge is 0.231 e. The predicted molar refractivity (Wildman–Crippen MR) is 113 cm³/mol. The molecule has 0 amide bonds. The van der Waals surface area contributed by atoms with E-state index >= 15 is 0 Å². The zero-order valence-electron chi connectivity index (χ0n) is 15.7. The molecule has 5 nitrogen and oxygen atoms in total. The first-order valence-electron chi connectivity index (χ1n) is 8.26. The molecule has 0 heterocycles. The molecule has 0 saturated heterocycles. The maximum atomic E-state index is 11.7. The van der Waals surface area contributed by atoms with Crippen LogP contribution >= 0.6 is 12.2 Å². The lowest BCUT2D eigenvalue weighted by Crippen LogP contribution is -2.31. The van der Waals surface area contributed by atoms with E-state index in [1.165, 1.54) is 34.3 Å². The van der Waals surface area contributed by atoms with E-state index in [4.69, 9.17) is 12.2 Å². The fourth-order valence-electron chi connectivity index (χ4n) is 2.64. The average molecular weight is 392 g/mol. The van der Waals surface area contributed by atoms with Crippen LogP contribution in [0.3, 0.4) is 0 Å². The van der Waals surface area contributed by atoms with E-state index in [1.807, 2.05) is 6.07 Å². The number of hydrogen-bond acceptors (Lipinski definition) is 3. The van der Waals surface area contributed by atoms with Crippen LogP contribution in [-0.2, 0) is 10.0 Å². The van der Waals surface area contributed by atoms with Crippen molar-refractivity contribution in [2.24, 2.45) is 0 Å². The molecule has 0 spiro atoms. The van der Waals surface area contributed by atoms with Crippen LogP contribution in [0.25, 0.3) is 0 Å². The third kappa shape index (κ3) is 5.19. The zero-order chi connectivity index (χ0) is 19.5. The van der Waals surface area contributed by atoms with E-state index in [2.05, 4.69) is 49.6 Å². The van der Waals surface area contributed by atoms with Crippen molar-refractivity contribution in [1.82, 2.24) is 5.32 Å². The van der Waals surface area contributed by atoms with Gasteiger partial charge in [0.1, 0.15) is 0 Å². The highest BCUT2D eigenvalue weighted by atomic mass is 32.2. The second-order valence-corrected chi connectivity index (χ2v) is 8.88. The summed E-state index contributed by atoms with van der Waals surface area (Å²) in [4.78, 5) is 0. The molecule has 0 bridgehead atoms. The first-order chi connectivity index (χ1) is 12.1. The molecule has 2 aromatic carbocycles. The van der Waals surface area contributed by atoms with Gasteiger partial charge in [0.2, 0.25) is 10.0 Å². The molecule has 7 heteroatoms. The summed E-state index contributed by atoms with van der Waals surface area (Å²) in [6.45, 7) is 6.20. The SMILES string of the molecule is Cc1ccc(C)c(C(C)NC(=S)Nc2cccc(N(C)S(C)(=O)=O)c2)c1. The highest BCUT2D eigenvalue weighted by molar-refractivity contribution is 7.92. The number of benzene rings is 2. The van der Waals surface area contributed by atoms with E-state index in [9.17, 15) is 8.42 Å². The Morgan fingerprint density at radius 3 is 2.50 bits per heavy atom. The fourth-order valence-corrected chi connectivity index (χ4v) is 3.43. The number of rotatable bonds is 5. The normalized spacial score (nSPS) is 12.3. The summed E-state index contributed by atoms with van der Waals surface area (Å²) in [7, 11) is -1.79. The molecule has 0 radical (unpaired) electrons. The Hall–Kier alpha value is -2.12. The van der Waals surface area contributed by atoms with Crippen LogP contribution in [0.15, 0.2) is 42.5 Å². The molecule has 1 unspecified atom stereocenters. The molecule has 26 heavy (non-hydrogen) atoms. The average Bonchev–Trinajstić information content (AvgIpc) is 2.55. The summed E-state index contributed by atoms with van der Waals surface area (Å²) in [5.41, 5.74) is 4.90. The van der Waals surface area contributed by atoms with Crippen molar-refractivity contribution in [1.29, 1.82) is 0 Å². The molecule has 0 aromatic heterocycles. The van der Waals surface area contributed by atoms with E-state index in [0.717, 1.165) is 5.69 Å². The highest BCUT2D eigenvalue weighted by Gasteiger charge is 2.13. The minimum Gasteiger partial charge on any atom is -0.356 e. The number of nitrogens with zero attached hydrogens (tertiary/aromatic N) is 1. The molecule has 2 N–H and O–H groups in total. The second-order valence-electron chi connectivity index (χ2n) is 6.46. The van der Waals surface area contributed by atoms with E-state index in [1.54, 1.807) is 18.2 Å². The van der Waals surface area contributed by atoms with E-state index in [0.29, 0.717) is 10.8 Å². The van der Waals surface area contributed by atoms with Crippen LogP contribution in [0.4, 0.5) is 11.4 Å². The topological polar surface area (TPSA) is 61.4 Å². The van der Waals surface area contributed by atoms with E-state index in [-0.39, 0.29) is 6.04 Å². The largest absolute Gasteiger partial charge is 0.356 e. The van der Waals surface area contributed by atoms with Gasteiger partial charge in [0.15, 0.2) is 5.11 Å². The lowest BCUT2D eigenvalue weighted by Gasteiger charge is -2.21. The van der Waals surface area contributed by atoms with Crippen molar-refractivity contribution in [3.8, 4) is 0 Å². The van der Waals surface area contributed by atoms with Gasteiger partial charge < -0.3 is 10.6 Å². The van der Waals surface area contributed by atoms with Crippen molar-refractivity contribution >= 4 is 38.7 Å². The fraction of sp³-hybridized carbons (Fsp3) is 0.316. The molecular weight excluding hydrogens is 366 g/mol. The van der Waals surface area contributed by atoms with Crippen LogP contribution in [0, 0.1) is 13.8 Å². The van der Waals surface area contributed by atoms with Crippen LogP contribution in [0.2, 0.25) is 0 Å². The number of nitrogens with one attached hydrogen (secondary N) is 2. The van der Waals surface area contributed by atoms with Crippen molar-refractivity contribution in [2.45, 2.75) is 26.8 Å². The molecule has 0 aliphatic carbocycles. The van der Waals surface area contributed by atoms with Gasteiger partial charge in [0, 0.05) is 12.7 Å². The van der Waals surface area contributed by atoms with Gasteiger partial charge in [-0.3, -0.25) is 4.31 Å². The molecule has 0 aliphatic heterocycles. The molecule has 1 atom stereocenters. The number of aryl methyl sites for hydroxylation is 2.